The van der Waals surface area contributed by atoms with Crippen LogP contribution in [0.3, 0.4) is 0 Å². The molecule has 3 nitrogen and oxygen atoms in total. The second-order valence-corrected chi connectivity index (χ2v) is 11.8. The van der Waals surface area contributed by atoms with Crippen molar-refractivity contribution >= 4 is 74.6 Å². The molecule has 6 aromatic rings. The normalized spacial score (nSPS) is 11.3. The molecule has 0 spiro atoms. The second kappa shape index (κ2) is 11.2. The first kappa shape index (κ1) is 26.4. The Hall–Kier alpha value is -3.25. The number of halogens is 1. The highest BCUT2D eigenvalue weighted by atomic mass is 35.5. The maximum atomic E-state index is 12.6. The summed E-state index contributed by atoms with van der Waals surface area (Å²) in [6, 6.07) is 25.1. The summed E-state index contributed by atoms with van der Waals surface area (Å²) in [7, 11) is 0. The molecule has 0 fully saturated rings. The van der Waals surface area contributed by atoms with Crippen molar-refractivity contribution in [2.24, 2.45) is 0 Å². The van der Waals surface area contributed by atoms with E-state index in [0.29, 0.717) is 28.3 Å². The van der Waals surface area contributed by atoms with Gasteiger partial charge in [-0.2, -0.15) is 0 Å². The van der Waals surface area contributed by atoms with Gasteiger partial charge in [0, 0.05) is 30.3 Å². The molecule has 4 aromatic carbocycles. The Morgan fingerprint density at radius 3 is 2.00 bits per heavy atom. The van der Waals surface area contributed by atoms with Gasteiger partial charge in [-0.3, -0.25) is 9.59 Å². The van der Waals surface area contributed by atoms with Crippen molar-refractivity contribution in [3.63, 3.8) is 0 Å². The van der Waals surface area contributed by atoms with Crippen LogP contribution in [0.25, 0.3) is 40.3 Å². The Morgan fingerprint density at radius 1 is 0.737 bits per heavy atom. The van der Waals surface area contributed by atoms with Gasteiger partial charge in [0.25, 0.3) is 0 Å². The molecule has 38 heavy (non-hydrogen) atoms. The maximum Gasteiger partial charge on any atom is 0.197 e. The minimum Gasteiger partial charge on any atom is -0.492 e. The first-order valence-electron chi connectivity index (χ1n) is 12.6. The van der Waals surface area contributed by atoms with Crippen LogP contribution in [-0.2, 0) is 0 Å². The van der Waals surface area contributed by atoms with Crippen molar-refractivity contribution in [1.29, 1.82) is 0 Å². The lowest BCUT2D eigenvalue weighted by Gasteiger charge is -2.09. The fourth-order valence-corrected chi connectivity index (χ4v) is 7.26. The largest absolute Gasteiger partial charge is 0.492 e. The highest BCUT2D eigenvalue weighted by Gasteiger charge is 2.13. The summed E-state index contributed by atoms with van der Waals surface area (Å²) >= 11 is 9.49. The maximum absolute atomic E-state index is 12.6. The predicted octanol–water partition coefficient (Wildman–Crippen LogP) is 9.39. The Bertz CT molecular complexity index is 1900. The summed E-state index contributed by atoms with van der Waals surface area (Å²) in [5.74, 6) is 1.17. The molecular formula is C32H27ClO3S2. The lowest BCUT2D eigenvalue weighted by atomic mass is 10.0. The Morgan fingerprint density at radius 2 is 1.34 bits per heavy atom. The van der Waals surface area contributed by atoms with E-state index in [1.807, 2.05) is 66.7 Å². The van der Waals surface area contributed by atoms with Crippen molar-refractivity contribution < 1.29 is 4.74 Å². The summed E-state index contributed by atoms with van der Waals surface area (Å²) in [6.07, 6.45) is 0.923. The monoisotopic (exact) mass is 558 g/mol. The quantitative estimate of drug-likeness (QED) is 0.202. The third-order valence-electron chi connectivity index (χ3n) is 6.36. The van der Waals surface area contributed by atoms with Crippen LogP contribution in [0.2, 0.25) is 5.02 Å². The van der Waals surface area contributed by atoms with Gasteiger partial charge in [0.2, 0.25) is 0 Å². The number of benzene rings is 4. The van der Waals surface area contributed by atoms with Gasteiger partial charge >= 0.3 is 0 Å². The smallest absolute Gasteiger partial charge is 0.197 e. The van der Waals surface area contributed by atoms with Crippen LogP contribution in [0.5, 0.6) is 5.75 Å². The van der Waals surface area contributed by atoms with Crippen molar-refractivity contribution in [2.45, 2.75) is 33.1 Å². The third-order valence-corrected chi connectivity index (χ3v) is 9.09. The van der Waals surface area contributed by atoms with Gasteiger partial charge in [0.05, 0.1) is 21.7 Å². The fourth-order valence-electron chi connectivity index (χ4n) is 4.47. The fraction of sp³-hybridized carbons (Fsp3) is 0.188. The molecule has 6 rings (SSSR count). The Kier molecular flexibility index (Phi) is 7.80. The van der Waals surface area contributed by atoms with Gasteiger partial charge in [0.15, 0.2) is 10.9 Å². The SMILES string of the molecule is CC(C)c1cccc2c(=O)c3ccccc3sc12.CCCOc1ccc(Cl)c2c(=O)c3ccccc3sc12. The van der Waals surface area contributed by atoms with E-state index in [-0.39, 0.29) is 10.9 Å². The molecule has 192 valence electrons. The number of hydrogen-bond donors (Lipinski definition) is 0. The van der Waals surface area contributed by atoms with E-state index in [0.717, 1.165) is 41.7 Å². The predicted molar refractivity (Wildman–Crippen MR) is 166 cm³/mol. The van der Waals surface area contributed by atoms with Crippen LogP contribution in [0.1, 0.15) is 38.7 Å². The molecule has 0 aliphatic heterocycles. The van der Waals surface area contributed by atoms with Gasteiger partial charge in [-0.15, -0.1) is 22.7 Å². The molecule has 0 N–H and O–H groups in total. The van der Waals surface area contributed by atoms with Gasteiger partial charge in [0.1, 0.15) is 5.75 Å². The molecule has 6 heteroatoms. The Labute approximate surface area is 233 Å². The third kappa shape index (κ3) is 4.94. The zero-order chi connectivity index (χ0) is 26.8. The van der Waals surface area contributed by atoms with Gasteiger partial charge in [-0.05, 0) is 60.4 Å². The number of hydrogen-bond acceptors (Lipinski definition) is 5. The number of ether oxygens (including phenoxy) is 1. The van der Waals surface area contributed by atoms with E-state index in [1.165, 1.54) is 5.56 Å². The number of rotatable bonds is 4. The standard InChI is InChI=1S/C16H13ClO2S.C16H14OS/c1-2-9-19-12-8-7-11(17)14-15(18)10-5-3-4-6-13(10)20-16(12)14;1-10(2)11-7-5-8-13-15(17)12-6-3-4-9-14(12)18-16(11)13/h3-8H,2,9H2,1H3;3-10H,1-2H3. The van der Waals surface area contributed by atoms with Crippen LogP contribution in [0.15, 0.2) is 88.5 Å². The van der Waals surface area contributed by atoms with Crippen molar-refractivity contribution in [1.82, 2.24) is 0 Å². The van der Waals surface area contributed by atoms with Crippen LogP contribution >= 0.6 is 34.3 Å². The first-order chi connectivity index (χ1) is 18.4. The van der Waals surface area contributed by atoms with E-state index in [9.17, 15) is 9.59 Å². The molecule has 0 saturated carbocycles. The molecular weight excluding hydrogens is 532 g/mol. The molecule has 0 atom stereocenters. The highest BCUT2D eigenvalue weighted by molar-refractivity contribution is 7.25. The van der Waals surface area contributed by atoms with E-state index < -0.39 is 0 Å². The summed E-state index contributed by atoms with van der Waals surface area (Å²) in [4.78, 5) is 25.1. The zero-order valence-corrected chi connectivity index (χ0v) is 23.8. The molecule has 2 aromatic heterocycles. The first-order valence-corrected chi connectivity index (χ1v) is 14.6. The minimum atomic E-state index is -0.0266. The van der Waals surface area contributed by atoms with E-state index in [1.54, 1.807) is 28.7 Å². The zero-order valence-electron chi connectivity index (χ0n) is 21.4. The van der Waals surface area contributed by atoms with Crippen molar-refractivity contribution in [2.75, 3.05) is 6.61 Å². The van der Waals surface area contributed by atoms with Gasteiger partial charge < -0.3 is 4.74 Å². The van der Waals surface area contributed by atoms with E-state index in [4.69, 9.17) is 16.3 Å². The average Bonchev–Trinajstić information content (AvgIpc) is 2.93. The van der Waals surface area contributed by atoms with Crippen LogP contribution in [0.4, 0.5) is 0 Å². The van der Waals surface area contributed by atoms with Crippen LogP contribution < -0.4 is 15.6 Å². The van der Waals surface area contributed by atoms with Crippen molar-refractivity contribution in [3.05, 3.63) is 110 Å². The van der Waals surface area contributed by atoms with E-state index in [2.05, 4.69) is 26.8 Å². The topological polar surface area (TPSA) is 43.4 Å². The molecule has 0 unspecified atom stereocenters. The summed E-state index contributed by atoms with van der Waals surface area (Å²) < 4.78 is 9.73. The lowest BCUT2D eigenvalue weighted by Crippen LogP contribution is -2.03. The van der Waals surface area contributed by atoms with E-state index >= 15 is 0 Å². The molecule has 0 amide bonds. The molecule has 0 saturated heterocycles. The van der Waals surface area contributed by atoms with Crippen LogP contribution in [-0.4, -0.2) is 6.61 Å². The molecule has 0 radical (unpaired) electrons. The molecule has 0 aliphatic carbocycles. The minimum absolute atomic E-state index is 0.0266. The molecule has 2 heterocycles. The van der Waals surface area contributed by atoms with Crippen LogP contribution in [0, 0.1) is 0 Å². The van der Waals surface area contributed by atoms with Crippen molar-refractivity contribution in [3.8, 4) is 5.75 Å². The lowest BCUT2D eigenvalue weighted by molar-refractivity contribution is 0.321. The highest BCUT2D eigenvalue weighted by Crippen LogP contribution is 2.36. The Balaban J connectivity index is 0.000000156. The summed E-state index contributed by atoms with van der Waals surface area (Å²) in [6.45, 7) is 7.02. The summed E-state index contributed by atoms with van der Waals surface area (Å²) in [5.41, 5.74) is 1.39. The second-order valence-electron chi connectivity index (χ2n) is 9.33. The summed E-state index contributed by atoms with van der Waals surface area (Å²) in [5, 5.41) is 3.43. The molecule has 0 aliphatic rings. The average molecular weight is 559 g/mol. The number of fused-ring (bicyclic) bond motifs is 4. The van der Waals surface area contributed by atoms with Gasteiger partial charge in [-0.1, -0.05) is 68.8 Å². The van der Waals surface area contributed by atoms with Gasteiger partial charge in [-0.25, -0.2) is 0 Å². The molecule has 0 bridgehead atoms.